The van der Waals surface area contributed by atoms with E-state index in [0.717, 1.165) is 26.1 Å². The van der Waals surface area contributed by atoms with Gasteiger partial charge in [0.2, 0.25) is 0 Å². The van der Waals surface area contributed by atoms with Crippen LogP contribution in [0.1, 0.15) is 36.9 Å². The molecule has 0 radical (unpaired) electrons. The Bertz CT molecular complexity index is 1130. The summed E-state index contributed by atoms with van der Waals surface area (Å²) in [5, 5.41) is 11.9. The monoisotopic (exact) mass is 532 g/mol. The first-order chi connectivity index (χ1) is 17.4. The number of rotatable bonds is 9. The maximum absolute atomic E-state index is 13.2. The molecule has 0 unspecified atom stereocenters. The lowest BCUT2D eigenvalue weighted by molar-refractivity contribution is -0.140. The average Bonchev–Trinajstić information content (AvgIpc) is 3.14. The Hall–Kier alpha value is -2.58. The molecule has 2 aliphatic heterocycles. The number of amides is 1. The number of ether oxygens (including phenoxy) is 2. The van der Waals surface area contributed by atoms with E-state index in [0.29, 0.717) is 59.7 Å². The number of aliphatic hydroxyl groups is 1. The minimum absolute atomic E-state index is 0.0342. The van der Waals surface area contributed by atoms with E-state index in [1.807, 2.05) is 6.92 Å². The molecule has 4 rings (SSSR count). The summed E-state index contributed by atoms with van der Waals surface area (Å²) in [6.07, 6.45) is 1.55. The number of aliphatic hydroxyl groups excluding tert-OH is 1. The van der Waals surface area contributed by atoms with Crippen LogP contribution in [0.4, 0.5) is 0 Å². The van der Waals surface area contributed by atoms with Crippen LogP contribution in [0, 0.1) is 0 Å². The highest BCUT2D eigenvalue weighted by molar-refractivity contribution is 6.46. The lowest BCUT2D eigenvalue weighted by atomic mass is 9.95. The summed E-state index contributed by atoms with van der Waals surface area (Å²) in [6.45, 7) is 6.79. The Morgan fingerprint density at radius 1 is 1.06 bits per heavy atom. The number of nitrogens with zero attached hydrogens (tertiary/aromatic N) is 2. The molecule has 192 valence electrons. The summed E-state index contributed by atoms with van der Waals surface area (Å²) >= 11 is 12.4. The van der Waals surface area contributed by atoms with E-state index < -0.39 is 17.7 Å². The number of ketones is 1. The van der Waals surface area contributed by atoms with Crippen molar-refractivity contribution in [2.45, 2.75) is 25.8 Å². The van der Waals surface area contributed by atoms with E-state index in [2.05, 4.69) is 4.90 Å². The smallest absolute Gasteiger partial charge is 0.295 e. The topological polar surface area (TPSA) is 79.3 Å². The van der Waals surface area contributed by atoms with Crippen molar-refractivity contribution in [2.75, 3.05) is 46.0 Å². The SMILES string of the molecule is CCCOc1ccc(C(O)=C2C(=O)C(=O)N(CCCN3CCOCC3)[C@@H]2c2ccc(Cl)c(Cl)c2)cc1. The fourth-order valence-electron chi connectivity index (χ4n) is 4.51. The standard InChI is InChI=1S/C27H30Cl2N2O5/c1-2-14-36-20-7-4-18(5-8-20)25(32)23-24(19-6-9-21(28)22(29)17-19)31(27(34)26(23)33)11-3-10-30-12-15-35-16-13-30/h4-9,17,24,32H,2-3,10-16H2,1H3/t24-/m1/s1. The summed E-state index contributed by atoms with van der Waals surface area (Å²) in [6, 6.07) is 11.1. The zero-order chi connectivity index (χ0) is 25.7. The third kappa shape index (κ3) is 5.86. The second kappa shape index (κ2) is 12.1. The maximum atomic E-state index is 13.2. The van der Waals surface area contributed by atoms with Crippen LogP contribution in [0.3, 0.4) is 0 Å². The zero-order valence-electron chi connectivity index (χ0n) is 20.2. The predicted octanol–water partition coefficient (Wildman–Crippen LogP) is 4.93. The lowest BCUT2D eigenvalue weighted by Gasteiger charge is -2.29. The van der Waals surface area contributed by atoms with Gasteiger partial charge in [0, 0.05) is 31.7 Å². The maximum Gasteiger partial charge on any atom is 0.295 e. The van der Waals surface area contributed by atoms with Crippen LogP contribution in [0.15, 0.2) is 48.0 Å². The number of likely N-dealkylation sites (tertiary alicyclic amines) is 1. The van der Waals surface area contributed by atoms with Crippen molar-refractivity contribution in [1.82, 2.24) is 9.80 Å². The molecule has 0 aliphatic carbocycles. The largest absolute Gasteiger partial charge is 0.507 e. The third-order valence-corrected chi connectivity index (χ3v) is 7.12. The predicted molar refractivity (Wildman–Crippen MR) is 140 cm³/mol. The minimum atomic E-state index is -0.777. The van der Waals surface area contributed by atoms with Gasteiger partial charge in [-0.15, -0.1) is 0 Å². The quantitative estimate of drug-likeness (QED) is 0.280. The van der Waals surface area contributed by atoms with Crippen LogP contribution in [0.2, 0.25) is 10.0 Å². The summed E-state index contributed by atoms with van der Waals surface area (Å²) in [5.41, 5.74) is 1.07. The highest BCUT2D eigenvalue weighted by Crippen LogP contribution is 2.41. The first-order valence-corrected chi connectivity index (χ1v) is 12.9. The van der Waals surface area contributed by atoms with Crippen molar-refractivity contribution in [3.63, 3.8) is 0 Å². The Kier molecular flexibility index (Phi) is 8.90. The number of morpholine rings is 1. The third-order valence-electron chi connectivity index (χ3n) is 6.38. The molecule has 7 nitrogen and oxygen atoms in total. The van der Waals surface area contributed by atoms with Crippen LogP contribution in [-0.4, -0.2) is 72.6 Å². The van der Waals surface area contributed by atoms with Crippen molar-refractivity contribution in [3.05, 3.63) is 69.2 Å². The normalized spacial score (nSPS) is 20.2. The number of halogens is 2. The number of carbonyl (C=O) groups is 2. The summed E-state index contributed by atoms with van der Waals surface area (Å²) in [5.74, 6) is -0.932. The van der Waals surface area contributed by atoms with E-state index in [1.54, 1.807) is 42.5 Å². The van der Waals surface area contributed by atoms with E-state index in [4.69, 9.17) is 32.7 Å². The molecule has 0 bridgehead atoms. The van der Waals surface area contributed by atoms with E-state index in [9.17, 15) is 14.7 Å². The fraction of sp³-hybridized carbons (Fsp3) is 0.407. The second-order valence-corrected chi connectivity index (χ2v) is 9.66. The van der Waals surface area contributed by atoms with E-state index >= 15 is 0 Å². The Balaban J connectivity index is 1.66. The van der Waals surface area contributed by atoms with Crippen LogP contribution in [0.5, 0.6) is 5.75 Å². The van der Waals surface area contributed by atoms with Gasteiger partial charge in [-0.2, -0.15) is 0 Å². The Morgan fingerprint density at radius 3 is 2.44 bits per heavy atom. The van der Waals surface area contributed by atoms with Crippen molar-refractivity contribution >= 4 is 40.7 Å². The molecule has 1 amide bonds. The molecule has 36 heavy (non-hydrogen) atoms. The fourth-order valence-corrected chi connectivity index (χ4v) is 4.82. The van der Waals surface area contributed by atoms with Crippen molar-refractivity contribution in [1.29, 1.82) is 0 Å². The Morgan fingerprint density at radius 2 is 1.78 bits per heavy atom. The molecular formula is C27H30Cl2N2O5. The summed E-state index contributed by atoms with van der Waals surface area (Å²) in [4.78, 5) is 30.2. The van der Waals surface area contributed by atoms with Gasteiger partial charge in [0.1, 0.15) is 11.5 Å². The molecule has 1 N–H and O–H groups in total. The van der Waals surface area contributed by atoms with Gasteiger partial charge in [-0.05, 0) is 54.8 Å². The number of hydrogen-bond acceptors (Lipinski definition) is 6. The molecule has 2 aliphatic rings. The summed E-state index contributed by atoms with van der Waals surface area (Å²) in [7, 11) is 0. The van der Waals surface area contributed by atoms with Crippen LogP contribution < -0.4 is 4.74 Å². The molecule has 2 aromatic rings. The van der Waals surface area contributed by atoms with E-state index in [1.165, 1.54) is 4.90 Å². The van der Waals surface area contributed by atoms with Gasteiger partial charge in [0.15, 0.2) is 0 Å². The molecule has 0 aromatic heterocycles. The van der Waals surface area contributed by atoms with Crippen LogP contribution >= 0.6 is 23.2 Å². The molecule has 2 saturated heterocycles. The van der Waals surface area contributed by atoms with Crippen molar-refractivity contribution in [2.24, 2.45) is 0 Å². The van der Waals surface area contributed by atoms with Crippen molar-refractivity contribution < 1.29 is 24.2 Å². The first-order valence-electron chi connectivity index (χ1n) is 12.2. The van der Waals surface area contributed by atoms with Crippen LogP contribution in [0.25, 0.3) is 5.76 Å². The lowest BCUT2D eigenvalue weighted by Crippen LogP contribution is -2.38. The van der Waals surface area contributed by atoms with Gasteiger partial charge in [0.05, 0.1) is 41.5 Å². The molecule has 2 aromatic carbocycles. The molecular weight excluding hydrogens is 503 g/mol. The second-order valence-electron chi connectivity index (χ2n) is 8.85. The average molecular weight is 533 g/mol. The zero-order valence-corrected chi connectivity index (χ0v) is 21.7. The van der Waals surface area contributed by atoms with Gasteiger partial charge in [-0.25, -0.2) is 0 Å². The molecule has 0 saturated carbocycles. The van der Waals surface area contributed by atoms with E-state index in [-0.39, 0.29) is 11.3 Å². The van der Waals surface area contributed by atoms with Gasteiger partial charge in [0.25, 0.3) is 11.7 Å². The van der Waals surface area contributed by atoms with Gasteiger partial charge < -0.3 is 19.5 Å². The van der Waals surface area contributed by atoms with Crippen LogP contribution in [-0.2, 0) is 14.3 Å². The number of Topliss-reactive ketones (excluding diaryl/α,β-unsaturated/α-hetero) is 1. The highest BCUT2D eigenvalue weighted by atomic mass is 35.5. The highest BCUT2D eigenvalue weighted by Gasteiger charge is 2.46. The molecule has 1 atom stereocenters. The van der Waals surface area contributed by atoms with Gasteiger partial charge in [-0.1, -0.05) is 36.2 Å². The molecule has 2 fully saturated rings. The van der Waals surface area contributed by atoms with Crippen molar-refractivity contribution in [3.8, 4) is 5.75 Å². The van der Waals surface area contributed by atoms with Gasteiger partial charge in [-0.3, -0.25) is 14.5 Å². The molecule has 2 heterocycles. The summed E-state index contributed by atoms with van der Waals surface area (Å²) < 4.78 is 11.0. The molecule has 9 heteroatoms. The molecule has 0 spiro atoms. The number of hydrogen-bond donors (Lipinski definition) is 1. The first kappa shape index (κ1) is 26.5. The number of carbonyl (C=O) groups excluding carboxylic acids is 2. The Labute approximate surface area is 221 Å². The number of benzene rings is 2. The minimum Gasteiger partial charge on any atom is -0.507 e. The van der Waals surface area contributed by atoms with Gasteiger partial charge >= 0.3 is 0 Å².